The van der Waals surface area contributed by atoms with E-state index in [-0.39, 0.29) is 28.8 Å². The third-order valence-electron chi connectivity index (χ3n) is 4.96. The van der Waals surface area contributed by atoms with Gasteiger partial charge in [-0.3, -0.25) is 9.59 Å². The summed E-state index contributed by atoms with van der Waals surface area (Å²) in [5.41, 5.74) is 1.70. The Balaban J connectivity index is 1.80. The standard InChI is InChI=1S/C24H26Cl2N4O3/c1-24(2,3)20-13-21(30(28-20)16-7-9-17(33-5)10-8-16)27-22(31)14-29(4)23(32)15-6-11-18(25)19(26)12-15/h6-13H,14H2,1-5H3,(H,27,31). The van der Waals surface area contributed by atoms with Gasteiger partial charge in [0.2, 0.25) is 5.91 Å². The number of nitrogens with one attached hydrogen (secondary N) is 1. The largest absolute Gasteiger partial charge is 0.497 e. The number of likely N-dealkylation sites (N-methyl/N-ethyl adjacent to an activating group) is 1. The fraction of sp³-hybridized carbons (Fsp3) is 0.292. The van der Waals surface area contributed by atoms with E-state index in [0.29, 0.717) is 16.4 Å². The number of methoxy groups -OCH3 is 1. The molecule has 0 spiro atoms. The normalized spacial score (nSPS) is 11.2. The number of halogens is 2. The first-order valence-electron chi connectivity index (χ1n) is 10.2. The van der Waals surface area contributed by atoms with Crippen molar-refractivity contribution in [2.24, 2.45) is 0 Å². The lowest BCUT2D eigenvalue weighted by molar-refractivity contribution is -0.116. The zero-order chi connectivity index (χ0) is 24.3. The summed E-state index contributed by atoms with van der Waals surface area (Å²) in [7, 11) is 3.15. The summed E-state index contributed by atoms with van der Waals surface area (Å²) in [5.74, 6) is 0.518. The molecule has 3 aromatic rings. The maximum Gasteiger partial charge on any atom is 0.254 e. The van der Waals surface area contributed by atoms with E-state index < -0.39 is 0 Å². The van der Waals surface area contributed by atoms with Crippen LogP contribution in [0.2, 0.25) is 10.0 Å². The quantitative estimate of drug-likeness (QED) is 0.517. The molecule has 2 amide bonds. The minimum absolute atomic E-state index is 0.155. The van der Waals surface area contributed by atoms with Crippen molar-refractivity contribution >= 4 is 40.8 Å². The number of anilines is 1. The number of ether oxygens (including phenoxy) is 1. The first-order valence-corrected chi connectivity index (χ1v) is 11.0. The van der Waals surface area contributed by atoms with Gasteiger partial charge in [0.1, 0.15) is 11.6 Å². The second-order valence-electron chi connectivity index (χ2n) is 8.61. The molecule has 174 valence electrons. The second kappa shape index (κ2) is 9.85. The fourth-order valence-corrected chi connectivity index (χ4v) is 3.37. The smallest absolute Gasteiger partial charge is 0.254 e. The van der Waals surface area contributed by atoms with Gasteiger partial charge in [-0.25, -0.2) is 4.68 Å². The van der Waals surface area contributed by atoms with Crippen LogP contribution in [0.25, 0.3) is 5.69 Å². The van der Waals surface area contributed by atoms with Crippen molar-refractivity contribution < 1.29 is 14.3 Å². The average Bonchev–Trinajstić information content (AvgIpc) is 3.19. The van der Waals surface area contributed by atoms with Crippen LogP contribution in [0.3, 0.4) is 0 Å². The number of hydrogen-bond donors (Lipinski definition) is 1. The summed E-state index contributed by atoms with van der Waals surface area (Å²) in [6.07, 6.45) is 0. The molecule has 0 atom stereocenters. The van der Waals surface area contributed by atoms with Crippen molar-refractivity contribution in [3.8, 4) is 11.4 Å². The Morgan fingerprint density at radius 1 is 1.06 bits per heavy atom. The summed E-state index contributed by atoms with van der Waals surface area (Å²) < 4.78 is 6.89. The molecule has 0 saturated carbocycles. The van der Waals surface area contributed by atoms with E-state index in [4.69, 9.17) is 33.0 Å². The fourth-order valence-electron chi connectivity index (χ4n) is 3.08. The van der Waals surface area contributed by atoms with Crippen LogP contribution in [0.4, 0.5) is 5.82 Å². The first-order chi connectivity index (χ1) is 15.5. The molecule has 0 aliphatic rings. The Labute approximate surface area is 203 Å². The minimum Gasteiger partial charge on any atom is -0.497 e. The van der Waals surface area contributed by atoms with E-state index in [2.05, 4.69) is 5.32 Å². The van der Waals surface area contributed by atoms with E-state index in [0.717, 1.165) is 17.1 Å². The number of carbonyl (C=O) groups is 2. The van der Waals surface area contributed by atoms with Gasteiger partial charge < -0.3 is 15.0 Å². The molecule has 2 aromatic carbocycles. The van der Waals surface area contributed by atoms with Gasteiger partial charge in [-0.05, 0) is 42.5 Å². The van der Waals surface area contributed by atoms with E-state index >= 15 is 0 Å². The molecule has 9 heteroatoms. The van der Waals surface area contributed by atoms with E-state index in [1.807, 2.05) is 51.1 Å². The maximum absolute atomic E-state index is 12.8. The molecular weight excluding hydrogens is 463 g/mol. The number of carbonyl (C=O) groups excluding carboxylic acids is 2. The van der Waals surface area contributed by atoms with Gasteiger partial charge in [0.15, 0.2) is 0 Å². The van der Waals surface area contributed by atoms with Gasteiger partial charge in [0.05, 0.1) is 35.1 Å². The van der Waals surface area contributed by atoms with Crippen LogP contribution in [0.1, 0.15) is 36.8 Å². The van der Waals surface area contributed by atoms with Gasteiger partial charge in [-0.15, -0.1) is 0 Å². The van der Waals surface area contributed by atoms with Gasteiger partial charge in [0, 0.05) is 24.1 Å². The number of aromatic nitrogens is 2. The van der Waals surface area contributed by atoms with Gasteiger partial charge in [-0.1, -0.05) is 44.0 Å². The Morgan fingerprint density at radius 2 is 1.73 bits per heavy atom. The average molecular weight is 489 g/mol. The molecule has 1 heterocycles. The lowest BCUT2D eigenvalue weighted by Crippen LogP contribution is -2.35. The molecule has 33 heavy (non-hydrogen) atoms. The summed E-state index contributed by atoms with van der Waals surface area (Å²) in [6.45, 7) is 5.98. The van der Waals surface area contributed by atoms with Crippen molar-refractivity contribution in [1.82, 2.24) is 14.7 Å². The zero-order valence-electron chi connectivity index (χ0n) is 19.1. The summed E-state index contributed by atoms with van der Waals surface area (Å²) in [6, 6.07) is 13.8. The van der Waals surface area contributed by atoms with Crippen LogP contribution >= 0.6 is 23.2 Å². The Kier molecular flexibility index (Phi) is 7.34. The van der Waals surface area contributed by atoms with Crippen molar-refractivity contribution in [2.75, 3.05) is 26.0 Å². The van der Waals surface area contributed by atoms with Crippen LogP contribution in [0.15, 0.2) is 48.5 Å². The summed E-state index contributed by atoms with van der Waals surface area (Å²) in [5, 5.41) is 8.20. The first kappa shape index (κ1) is 24.6. The molecule has 7 nitrogen and oxygen atoms in total. The Hall–Kier alpha value is -3.03. The number of amides is 2. The van der Waals surface area contributed by atoms with Gasteiger partial charge in [-0.2, -0.15) is 5.10 Å². The molecule has 1 aromatic heterocycles. The highest BCUT2D eigenvalue weighted by Gasteiger charge is 2.23. The summed E-state index contributed by atoms with van der Waals surface area (Å²) in [4.78, 5) is 26.8. The highest BCUT2D eigenvalue weighted by Crippen LogP contribution is 2.27. The molecule has 0 aliphatic carbocycles. The highest BCUT2D eigenvalue weighted by atomic mass is 35.5. The lowest BCUT2D eigenvalue weighted by atomic mass is 9.92. The zero-order valence-corrected chi connectivity index (χ0v) is 20.7. The monoisotopic (exact) mass is 488 g/mol. The molecule has 0 fully saturated rings. The van der Waals surface area contributed by atoms with Crippen LogP contribution in [-0.2, 0) is 10.2 Å². The predicted molar refractivity (Wildman–Crippen MR) is 131 cm³/mol. The number of rotatable bonds is 6. The third-order valence-corrected chi connectivity index (χ3v) is 5.70. The SMILES string of the molecule is COc1ccc(-n2nc(C(C)(C)C)cc2NC(=O)CN(C)C(=O)c2ccc(Cl)c(Cl)c2)cc1. The molecular formula is C24H26Cl2N4O3. The number of hydrogen-bond acceptors (Lipinski definition) is 4. The van der Waals surface area contributed by atoms with Gasteiger partial charge in [0.25, 0.3) is 5.91 Å². The van der Waals surface area contributed by atoms with Crippen LogP contribution in [-0.4, -0.2) is 47.2 Å². The minimum atomic E-state index is -0.360. The maximum atomic E-state index is 12.8. The molecule has 1 N–H and O–H groups in total. The van der Waals surface area contributed by atoms with Crippen molar-refractivity contribution in [1.29, 1.82) is 0 Å². The molecule has 0 radical (unpaired) electrons. The second-order valence-corrected chi connectivity index (χ2v) is 9.43. The third kappa shape index (κ3) is 5.86. The van der Waals surface area contributed by atoms with Crippen LogP contribution < -0.4 is 10.1 Å². The highest BCUT2D eigenvalue weighted by molar-refractivity contribution is 6.42. The Bertz CT molecular complexity index is 1170. The topological polar surface area (TPSA) is 76.5 Å². The number of nitrogens with zero attached hydrogens (tertiary/aromatic N) is 3. The molecule has 3 rings (SSSR count). The van der Waals surface area contributed by atoms with Crippen LogP contribution in [0.5, 0.6) is 5.75 Å². The van der Waals surface area contributed by atoms with Crippen molar-refractivity contribution in [3.05, 3.63) is 69.8 Å². The molecule has 0 saturated heterocycles. The molecule has 0 bridgehead atoms. The predicted octanol–water partition coefficient (Wildman–Crippen LogP) is 5.20. The van der Waals surface area contributed by atoms with Crippen LogP contribution in [0, 0.1) is 0 Å². The van der Waals surface area contributed by atoms with E-state index in [1.54, 1.807) is 31.0 Å². The van der Waals surface area contributed by atoms with Crippen molar-refractivity contribution in [2.45, 2.75) is 26.2 Å². The number of benzene rings is 2. The molecule has 0 aliphatic heterocycles. The van der Waals surface area contributed by atoms with Crippen molar-refractivity contribution in [3.63, 3.8) is 0 Å². The summed E-state index contributed by atoms with van der Waals surface area (Å²) >= 11 is 11.9. The van der Waals surface area contributed by atoms with E-state index in [1.165, 1.54) is 11.0 Å². The Morgan fingerprint density at radius 3 is 2.30 bits per heavy atom. The molecule has 0 unspecified atom stereocenters. The van der Waals surface area contributed by atoms with Gasteiger partial charge >= 0.3 is 0 Å². The lowest BCUT2D eigenvalue weighted by Gasteiger charge is -2.17. The van der Waals surface area contributed by atoms with E-state index in [9.17, 15) is 9.59 Å².